The molecule has 0 radical (unpaired) electrons. The van der Waals surface area contributed by atoms with Crippen molar-refractivity contribution in [1.82, 2.24) is 5.43 Å². The smallest absolute Gasteiger partial charge is 0.0368 e. The molecule has 1 saturated heterocycles. The Morgan fingerprint density at radius 3 is 2.44 bits per heavy atom. The second kappa shape index (κ2) is 6.53. The summed E-state index contributed by atoms with van der Waals surface area (Å²) in [5.41, 5.74) is 3.14. The van der Waals surface area contributed by atoms with Gasteiger partial charge in [0, 0.05) is 28.0 Å². The van der Waals surface area contributed by atoms with Crippen LogP contribution in [0.3, 0.4) is 0 Å². The van der Waals surface area contributed by atoms with E-state index in [9.17, 15) is 0 Å². The third-order valence-corrected chi connectivity index (χ3v) is 7.16. The monoisotopic (exact) mass is 260 g/mol. The van der Waals surface area contributed by atoms with Crippen LogP contribution in [0.2, 0.25) is 0 Å². The predicted octanol–water partition coefficient (Wildman–Crippen LogP) is 2.64. The van der Waals surface area contributed by atoms with E-state index in [1.54, 1.807) is 0 Å². The van der Waals surface area contributed by atoms with Crippen molar-refractivity contribution < 1.29 is 0 Å². The van der Waals surface area contributed by atoms with Crippen molar-refractivity contribution >= 4 is 23.5 Å². The van der Waals surface area contributed by atoms with E-state index < -0.39 is 0 Å². The van der Waals surface area contributed by atoms with Crippen molar-refractivity contribution in [3.63, 3.8) is 0 Å². The van der Waals surface area contributed by atoms with Crippen LogP contribution >= 0.6 is 23.5 Å². The number of thioether (sulfide) groups is 2. The normalized spacial score (nSPS) is 34.9. The van der Waals surface area contributed by atoms with Crippen molar-refractivity contribution in [2.24, 2.45) is 11.8 Å². The topological polar surface area (TPSA) is 38.0 Å². The minimum absolute atomic E-state index is 0.535. The first kappa shape index (κ1) is 13.1. The molecule has 2 fully saturated rings. The summed E-state index contributed by atoms with van der Waals surface area (Å²) in [4.78, 5) is 0. The summed E-state index contributed by atoms with van der Waals surface area (Å²) in [7, 11) is 0. The van der Waals surface area contributed by atoms with E-state index in [2.05, 4.69) is 35.9 Å². The van der Waals surface area contributed by atoms with Crippen molar-refractivity contribution in [2.75, 3.05) is 11.5 Å². The molecule has 1 aliphatic carbocycles. The standard InChI is InChI=1S/C12H24N2S2/c1-9-12(16-8-7-15-9)11(14-13)10-5-3-2-4-6-10/h9-12,14H,2-8,13H2,1H3. The zero-order valence-electron chi connectivity index (χ0n) is 10.2. The Balaban J connectivity index is 1.96. The maximum Gasteiger partial charge on any atom is 0.0368 e. The van der Waals surface area contributed by atoms with Gasteiger partial charge in [0.2, 0.25) is 0 Å². The SMILES string of the molecule is CC1SCCSC1C(NN)C1CCCCC1. The van der Waals surface area contributed by atoms with Gasteiger partial charge in [-0.25, -0.2) is 0 Å². The lowest BCUT2D eigenvalue weighted by atomic mass is 9.82. The average Bonchev–Trinajstić information content (AvgIpc) is 2.34. The number of hydrazine groups is 1. The molecule has 1 saturated carbocycles. The van der Waals surface area contributed by atoms with Crippen molar-refractivity contribution in [1.29, 1.82) is 0 Å². The molecule has 3 N–H and O–H groups in total. The van der Waals surface area contributed by atoms with E-state index >= 15 is 0 Å². The molecular weight excluding hydrogens is 236 g/mol. The summed E-state index contributed by atoms with van der Waals surface area (Å²) in [5.74, 6) is 9.25. The zero-order valence-corrected chi connectivity index (χ0v) is 11.8. The Kier molecular flexibility index (Phi) is 5.33. The van der Waals surface area contributed by atoms with E-state index in [1.807, 2.05) is 0 Å². The Morgan fingerprint density at radius 2 is 1.81 bits per heavy atom. The maximum absolute atomic E-state index is 5.82. The van der Waals surface area contributed by atoms with E-state index in [0.717, 1.165) is 11.2 Å². The first-order chi connectivity index (χ1) is 7.83. The fourth-order valence-corrected chi connectivity index (χ4v) is 6.06. The first-order valence-corrected chi connectivity index (χ1v) is 8.62. The van der Waals surface area contributed by atoms with E-state index in [1.165, 1.54) is 43.6 Å². The van der Waals surface area contributed by atoms with Crippen LogP contribution in [-0.2, 0) is 0 Å². The highest BCUT2D eigenvalue weighted by atomic mass is 32.2. The lowest BCUT2D eigenvalue weighted by Crippen LogP contribution is -2.52. The number of hydrogen-bond acceptors (Lipinski definition) is 4. The Labute approximate surface area is 108 Å². The molecule has 16 heavy (non-hydrogen) atoms. The van der Waals surface area contributed by atoms with Crippen LogP contribution in [0.1, 0.15) is 39.0 Å². The van der Waals surface area contributed by atoms with Gasteiger partial charge in [0.1, 0.15) is 0 Å². The summed E-state index contributed by atoms with van der Waals surface area (Å²) in [6.45, 7) is 2.37. The number of rotatable bonds is 3. The largest absolute Gasteiger partial charge is 0.271 e. The third kappa shape index (κ3) is 3.09. The van der Waals surface area contributed by atoms with Gasteiger partial charge in [0.05, 0.1) is 0 Å². The number of nitrogens with one attached hydrogen (secondary N) is 1. The second-order valence-electron chi connectivity index (χ2n) is 5.00. The molecule has 1 aliphatic heterocycles. The van der Waals surface area contributed by atoms with Crippen LogP contribution in [-0.4, -0.2) is 28.0 Å². The molecule has 1 heterocycles. The van der Waals surface area contributed by atoms with Crippen LogP contribution in [0.15, 0.2) is 0 Å². The van der Waals surface area contributed by atoms with E-state index in [4.69, 9.17) is 5.84 Å². The second-order valence-corrected chi connectivity index (χ2v) is 7.77. The summed E-state index contributed by atoms with van der Waals surface area (Å²) in [5, 5.41) is 1.47. The molecule has 0 aromatic carbocycles. The number of nitrogens with two attached hydrogens (primary N) is 1. The van der Waals surface area contributed by atoms with E-state index in [0.29, 0.717) is 11.3 Å². The van der Waals surface area contributed by atoms with Crippen molar-refractivity contribution in [3.8, 4) is 0 Å². The van der Waals surface area contributed by atoms with Gasteiger partial charge in [-0.2, -0.15) is 23.5 Å². The molecule has 0 bridgehead atoms. The van der Waals surface area contributed by atoms with E-state index in [-0.39, 0.29) is 0 Å². The predicted molar refractivity (Wildman–Crippen MR) is 75.9 cm³/mol. The molecule has 4 heteroatoms. The molecule has 94 valence electrons. The van der Waals surface area contributed by atoms with Gasteiger partial charge < -0.3 is 0 Å². The van der Waals surface area contributed by atoms with Gasteiger partial charge >= 0.3 is 0 Å². The van der Waals surface area contributed by atoms with Gasteiger partial charge in [-0.15, -0.1) is 0 Å². The Bertz CT molecular complexity index is 207. The van der Waals surface area contributed by atoms with Gasteiger partial charge in [-0.3, -0.25) is 11.3 Å². The van der Waals surface area contributed by atoms with Crippen LogP contribution in [0, 0.1) is 5.92 Å². The quantitative estimate of drug-likeness (QED) is 0.604. The first-order valence-electron chi connectivity index (χ1n) is 6.52. The summed E-state index contributed by atoms with van der Waals surface area (Å²) >= 11 is 4.25. The molecule has 0 spiro atoms. The maximum atomic E-state index is 5.82. The summed E-state index contributed by atoms with van der Waals surface area (Å²) in [6, 6.07) is 0.535. The van der Waals surface area contributed by atoms with Crippen molar-refractivity contribution in [3.05, 3.63) is 0 Å². The lowest BCUT2D eigenvalue weighted by Gasteiger charge is -2.39. The van der Waals surface area contributed by atoms with Gasteiger partial charge in [0.15, 0.2) is 0 Å². The van der Waals surface area contributed by atoms with Crippen LogP contribution < -0.4 is 11.3 Å². The molecule has 2 rings (SSSR count). The average molecular weight is 260 g/mol. The highest BCUT2D eigenvalue weighted by molar-refractivity contribution is 8.07. The molecule has 0 aromatic rings. The summed E-state index contributed by atoms with van der Waals surface area (Å²) < 4.78 is 0. The third-order valence-electron chi connectivity index (χ3n) is 3.94. The molecule has 2 aliphatic rings. The van der Waals surface area contributed by atoms with Gasteiger partial charge in [-0.1, -0.05) is 26.2 Å². The highest BCUT2D eigenvalue weighted by Crippen LogP contribution is 2.38. The molecule has 3 atom stereocenters. The van der Waals surface area contributed by atoms with Gasteiger partial charge in [0.25, 0.3) is 0 Å². The molecular formula is C12H24N2S2. The van der Waals surface area contributed by atoms with Crippen LogP contribution in [0.4, 0.5) is 0 Å². The minimum Gasteiger partial charge on any atom is -0.271 e. The van der Waals surface area contributed by atoms with Crippen LogP contribution in [0.5, 0.6) is 0 Å². The lowest BCUT2D eigenvalue weighted by molar-refractivity contribution is 0.264. The molecule has 3 unspecified atom stereocenters. The zero-order chi connectivity index (χ0) is 11.4. The fourth-order valence-electron chi connectivity index (χ4n) is 3.04. The molecule has 2 nitrogen and oxygen atoms in total. The van der Waals surface area contributed by atoms with Crippen molar-refractivity contribution in [2.45, 2.75) is 55.6 Å². The fraction of sp³-hybridized carbons (Fsp3) is 1.00. The Morgan fingerprint density at radius 1 is 1.12 bits per heavy atom. The number of hydrogen-bond donors (Lipinski definition) is 2. The molecule has 0 aromatic heterocycles. The summed E-state index contributed by atoms with van der Waals surface area (Å²) in [6.07, 6.45) is 6.99. The Hall–Kier alpha value is 0.620. The molecule has 0 amide bonds. The van der Waals surface area contributed by atoms with Crippen LogP contribution in [0.25, 0.3) is 0 Å². The van der Waals surface area contributed by atoms with Gasteiger partial charge in [-0.05, 0) is 18.8 Å². The highest BCUT2D eigenvalue weighted by Gasteiger charge is 2.35. The minimum atomic E-state index is 0.535.